The fraction of sp³-hybridized carbons (Fsp3) is 0.417. The van der Waals surface area contributed by atoms with Gasteiger partial charge in [-0.15, -0.1) is 0 Å². The molecule has 1 fully saturated rings. The zero-order chi connectivity index (χ0) is 11.0. The molecular weight excluding hydrogens is 266 g/mol. The molecule has 4 heteroatoms. The number of aromatic nitrogens is 2. The Morgan fingerprint density at radius 1 is 1.25 bits per heavy atom. The van der Waals surface area contributed by atoms with Crippen molar-refractivity contribution in [3.63, 3.8) is 0 Å². The number of pyridine rings is 1. The zero-order valence-electron chi connectivity index (χ0n) is 9.06. The van der Waals surface area contributed by atoms with Crippen molar-refractivity contribution in [3.8, 4) is 0 Å². The summed E-state index contributed by atoms with van der Waals surface area (Å²) in [5.41, 5.74) is 2.30. The van der Waals surface area contributed by atoms with Crippen LogP contribution in [0.4, 0.5) is 0 Å². The maximum absolute atomic E-state index is 4.42. The van der Waals surface area contributed by atoms with Gasteiger partial charge < -0.3 is 4.40 Å². The number of nitrogens with zero attached hydrogens (tertiary/aromatic N) is 3. The number of imidazole rings is 1. The second-order valence-electron chi connectivity index (χ2n) is 4.31. The van der Waals surface area contributed by atoms with Crippen LogP contribution < -0.4 is 0 Å². The van der Waals surface area contributed by atoms with Crippen LogP contribution >= 0.6 is 15.9 Å². The van der Waals surface area contributed by atoms with E-state index >= 15 is 0 Å². The van der Waals surface area contributed by atoms with Crippen molar-refractivity contribution in [1.29, 1.82) is 0 Å². The SMILES string of the molecule is Brc1ccc2ncc(CN3CCCC3)n2c1. The third kappa shape index (κ3) is 1.87. The highest BCUT2D eigenvalue weighted by molar-refractivity contribution is 9.10. The number of likely N-dealkylation sites (tertiary alicyclic amines) is 1. The maximum atomic E-state index is 4.42. The van der Waals surface area contributed by atoms with Crippen molar-refractivity contribution in [2.45, 2.75) is 19.4 Å². The Labute approximate surface area is 103 Å². The monoisotopic (exact) mass is 279 g/mol. The Morgan fingerprint density at radius 3 is 2.88 bits per heavy atom. The van der Waals surface area contributed by atoms with Crippen LogP contribution in [-0.4, -0.2) is 27.4 Å². The lowest BCUT2D eigenvalue weighted by Crippen LogP contribution is -2.19. The Morgan fingerprint density at radius 2 is 2.06 bits per heavy atom. The zero-order valence-corrected chi connectivity index (χ0v) is 10.7. The highest BCUT2D eigenvalue weighted by Gasteiger charge is 2.13. The molecule has 3 rings (SSSR count). The molecule has 2 aromatic heterocycles. The van der Waals surface area contributed by atoms with Crippen LogP contribution in [-0.2, 0) is 6.54 Å². The first-order valence-electron chi connectivity index (χ1n) is 5.67. The molecule has 0 N–H and O–H groups in total. The number of rotatable bonds is 2. The van der Waals surface area contributed by atoms with Crippen molar-refractivity contribution in [2.24, 2.45) is 0 Å². The molecule has 3 heterocycles. The van der Waals surface area contributed by atoms with Gasteiger partial charge >= 0.3 is 0 Å². The van der Waals surface area contributed by atoms with Gasteiger partial charge in [-0.1, -0.05) is 0 Å². The summed E-state index contributed by atoms with van der Waals surface area (Å²) in [7, 11) is 0. The van der Waals surface area contributed by atoms with Crippen molar-refractivity contribution >= 4 is 21.6 Å². The molecule has 3 nitrogen and oxygen atoms in total. The Balaban J connectivity index is 1.93. The average Bonchev–Trinajstić information content (AvgIpc) is 2.90. The first kappa shape index (κ1) is 10.3. The molecule has 0 unspecified atom stereocenters. The van der Waals surface area contributed by atoms with E-state index in [1.807, 2.05) is 18.3 Å². The molecule has 1 aliphatic rings. The summed E-state index contributed by atoms with van der Waals surface area (Å²) in [5, 5.41) is 0. The van der Waals surface area contributed by atoms with Gasteiger partial charge in [0.2, 0.25) is 0 Å². The minimum atomic E-state index is 1.01. The van der Waals surface area contributed by atoms with Crippen LogP contribution in [0, 0.1) is 0 Å². The first-order chi connectivity index (χ1) is 7.83. The molecule has 1 aliphatic heterocycles. The van der Waals surface area contributed by atoms with E-state index in [2.05, 4.69) is 36.4 Å². The maximum Gasteiger partial charge on any atom is 0.136 e. The minimum Gasteiger partial charge on any atom is -0.302 e. The molecule has 0 atom stereocenters. The molecule has 16 heavy (non-hydrogen) atoms. The smallest absolute Gasteiger partial charge is 0.136 e. The summed E-state index contributed by atoms with van der Waals surface area (Å²) in [4.78, 5) is 6.91. The molecule has 0 amide bonds. The van der Waals surface area contributed by atoms with Crippen LogP contribution in [0.1, 0.15) is 18.5 Å². The van der Waals surface area contributed by atoms with Crippen LogP contribution in [0.3, 0.4) is 0 Å². The fourth-order valence-corrected chi connectivity index (χ4v) is 2.63. The molecule has 84 valence electrons. The second-order valence-corrected chi connectivity index (χ2v) is 5.22. The fourth-order valence-electron chi connectivity index (χ4n) is 2.29. The van der Waals surface area contributed by atoms with Crippen molar-refractivity contribution in [1.82, 2.24) is 14.3 Å². The van der Waals surface area contributed by atoms with Gasteiger partial charge in [0.1, 0.15) is 5.65 Å². The van der Waals surface area contributed by atoms with E-state index in [0.717, 1.165) is 16.7 Å². The summed E-state index contributed by atoms with van der Waals surface area (Å²) in [6, 6.07) is 4.07. The van der Waals surface area contributed by atoms with Crippen LogP contribution in [0.2, 0.25) is 0 Å². The molecule has 0 bridgehead atoms. The van der Waals surface area contributed by atoms with Gasteiger partial charge in [-0.25, -0.2) is 4.98 Å². The Hall–Kier alpha value is -0.870. The summed E-state index contributed by atoms with van der Waals surface area (Å²) in [6.07, 6.45) is 6.74. The standard InChI is InChI=1S/C12H14BrN3/c13-10-3-4-12-14-7-11(16(12)8-10)9-15-5-1-2-6-15/h3-4,7-8H,1-2,5-6,9H2. The molecule has 0 saturated carbocycles. The van der Waals surface area contributed by atoms with E-state index in [-0.39, 0.29) is 0 Å². The van der Waals surface area contributed by atoms with Gasteiger partial charge in [-0.3, -0.25) is 4.90 Å². The van der Waals surface area contributed by atoms with E-state index in [9.17, 15) is 0 Å². The van der Waals surface area contributed by atoms with Gasteiger partial charge in [-0.05, 0) is 54.0 Å². The predicted octanol–water partition coefficient (Wildman–Crippen LogP) is 2.69. The number of fused-ring (bicyclic) bond motifs is 1. The van der Waals surface area contributed by atoms with Gasteiger partial charge in [0.25, 0.3) is 0 Å². The van der Waals surface area contributed by atoms with E-state index < -0.39 is 0 Å². The summed E-state index contributed by atoms with van der Waals surface area (Å²) in [6.45, 7) is 3.46. The van der Waals surface area contributed by atoms with Crippen molar-refractivity contribution in [2.75, 3.05) is 13.1 Å². The summed E-state index contributed by atoms with van der Waals surface area (Å²) >= 11 is 3.50. The van der Waals surface area contributed by atoms with E-state index in [1.165, 1.54) is 31.6 Å². The molecule has 0 aromatic carbocycles. The first-order valence-corrected chi connectivity index (χ1v) is 6.46. The van der Waals surface area contributed by atoms with Crippen molar-refractivity contribution in [3.05, 3.63) is 34.7 Å². The summed E-state index contributed by atoms with van der Waals surface area (Å²) in [5.74, 6) is 0. The normalized spacial score (nSPS) is 17.3. The lowest BCUT2D eigenvalue weighted by Gasteiger charge is -2.13. The third-order valence-corrected chi connectivity index (χ3v) is 3.60. The third-order valence-electron chi connectivity index (χ3n) is 3.13. The Kier molecular flexibility index (Phi) is 2.69. The van der Waals surface area contributed by atoms with Crippen LogP contribution in [0.15, 0.2) is 29.0 Å². The molecule has 0 aliphatic carbocycles. The summed E-state index contributed by atoms with van der Waals surface area (Å²) < 4.78 is 3.27. The lowest BCUT2D eigenvalue weighted by atomic mass is 10.4. The van der Waals surface area contributed by atoms with E-state index in [4.69, 9.17) is 0 Å². The lowest BCUT2D eigenvalue weighted by molar-refractivity contribution is 0.326. The van der Waals surface area contributed by atoms with Gasteiger partial charge in [0.15, 0.2) is 0 Å². The number of halogens is 1. The molecular formula is C12H14BrN3. The largest absolute Gasteiger partial charge is 0.302 e. The minimum absolute atomic E-state index is 1.01. The van der Waals surface area contributed by atoms with Gasteiger partial charge in [0, 0.05) is 17.2 Å². The van der Waals surface area contributed by atoms with Gasteiger partial charge in [-0.2, -0.15) is 0 Å². The second kappa shape index (κ2) is 4.18. The van der Waals surface area contributed by atoms with E-state index in [1.54, 1.807) is 0 Å². The number of hydrogen-bond donors (Lipinski definition) is 0. The van der Waals surface area contributed by atoms with Crippen molar-refractivity contribution < 1.29 is 0 Å². The topological polar surface area (TPSA) is 20.5 Å². The number of hydrogen-bond acceptors (Lipinski definition) is 2. The highest BCUT2D eigenvalue weighted by atomic mass is 79.9. The average molecular weight is 280 g/mol. The molecule has 2 aromatic rings. The van der Waals surface area contributed by atoms with Crippen LogP contribution in [0.25, 0.3) is 5.65 Å². The van der Waals surface area contributed by atoms with Gasteiger partial charge in [0.05, 0.1) is 11.9 Å². The highest BCUT2D eigenvalue weighted by Crippen LogP contribution is 2.16. The predicted molar refractivity (Wildman–Crippen MR) is 67.4 cm³/mol. The van der Waals surface area contributed by atoms with E-state index in [0.29, 0.717) is 0 Å². The van der Waals surface area contributed by atoms with Crippen LogP contribution in [0.5, 0.6) is 0 Å². The molecule has 0 spiro atoms. The Bertz CT molecular complexity index is 500. The quantitative estimate of drug-likeness (QED) is 0.843. The molecule has 1 saturated heterocycles. The molecule has 0 radical (unpaired) electrons.